The van der Waals surface area contributed by atoms with E-state index in [1.165, 1.54) is 0 Å². The highest BCUT2D eigenvalue weighted by molar-refractivity contribution is 7.76. The Morgan fingerprint density at radius 3 is 2.64 bits per heavy atom. The third-order valence-electron chi connectivity index (χ3n) is 1.93. The summed E-state index contributed by atoms with van der Waals surface area (Å²) in [5, 5.41) is 0. The van der Waals surface area contributed by atoms with Crippen LogP contribution in [0.25, 0.3) is 12.2 Å². The summed E-state index contributed by atoms with van der Waals surface area (Å²) in [6, 6.07) is 3.51. The summed E-state index contributed by atoms with van der Waals surface area (Å²) in [5.41, 5.74) is 1.63. The Morgan fingerprint density at radius 1 is 1.21 bits per heavy atom. The summed E-state index contributed by atoms with van der Waals surface area (Å²) in [5.74, 6) is 0.944. The van der Waals surface area contributed by atoms with Gasteiger partial charge in [0.2, 0.25) is 0 Å². The molecule has 1 aliphatic heterocycles. The van der Waals surface area contributed by atoms with E-state index in [4.69, 9.17) is 8.37 Å². The fourth-order valence-corrected chi connectivity index (χ4v) is 1.91. The SMILES string of the molecule is C=Cc1ccc2c(c1C=C)OS(=O)O2. The van der Waals surface area contributed by atoms with Crippen molar-refractivity contribution < 1.29 is 12.6 Å². The van der Waals surface area contributed by atoms with E-state index in [0.717, 1.165) is 11.1 Å². The smallest absolute Gasteiger partial charge is 0.367 e. The van der Waals surface area contributed by atoms with Crippen LogP contribution in [0.5, 0.6) is 11.5 Å². The summed E-state index contributed by atoms with van der Waals surface area (Å²) in [6.45, 7) is 7.32. The second-order valence-corrected chi connectivity index (χ2v) is 3.42. The largest absolute Gasteiger partial charge is 0.417 e. The Labute approximate surface area is 84.5 Å². The second kappa shape index (κ2) is 3.31. The highest BCUT2D eigenvalue weighted by atomic mass is 32.2. The van der Waals surface area contributed by atoms with E-state index in [1.807, 2.05) is 6.07 Å². The van der Waals surface area contributed by atoms with Gasteiger partial charge in [0.1, 0.15) is 0 Å². The van der Waals surface area contributed by atoms with Crippen LogP contribution in [0.15, 0.2) is 25.3 Å². The minimum atomic E-state index is -1.72. The lowest BCUT2D eigenvalue weighted by atomic mass is 10.1. The summed E-state index contributed by atoms with van der Waals surface area (Å²) in [6.07, 6.45) is 3.31. The van der Waals surface area contributed by atoms with E-state index in [-0.39, 0.29) is 0 Å². The molecule has 0 amide bonds. The molecule has 0 aliphatic carbocycles. The first-order valence-corrected chi connectivity index (χ1v) is 4.96. The topological polar surface area (TPSA) is 35.5 Å². The summed E-state index contributed by atoms with van der Waals surface area (Å²) >= 11 is -1.72. The highest BCUT2D eigenvalue weighted by Crippen LogP contribution is 2.40. The van der Waals surface area contributed by atoms with Gasteiger partial charge in [0.25, 0.3) is 0 Å². The van der Waals surface area contributed by atoms with Gasteiger partial charge in [0, 0.05) is 5.56 Å². The third-order valence-corrected chi connectivity index (χ3v) is 2.55. The Morgan fingerprint density at radius 2 is 2.00 bits per heavy atom. The molecular weight excluding hydrogens is 200 g/mol. The Balaban J connectivity index is 2.65. The molecule has 1 atom stereocenters. The first kappa shape index (κ1) is 9.02. The maximum Gasteiger partial charge on any atom is 0.417 e. The van der Waals surface area contributed by atoms with Gasteiger partial charge < -0.3 is 8.37 Å². The van der Waals surface area contributed by atoms with Crippen LogP contribution < -0.4 is 8.37 Å². The number of hydrogen-bond acceptors (Lipinski definition) is 3. The molecule has 14 heavy (non-hydrogen) atoms. The fourth-order valence-electron chi connectivity index (χ4n) is 1.29. The van der Waals surface area contributed by atoms with Crippen molar-refractivity contribution in [2.45, 2.75) is 0 Å². The monoisotopic (exact) mass is 208 g/mol. The van der Waals surface area contributed by atoms with Gasteiger partial charge in [-0.1, -0.05) is 31.4 Å². The molecule has 1 aromatic rings. The number of benzene rings is 1. The quantitative estimate of drug-likeness (QED) is 0.748. The molecule has 3 nitrogen and oxygen atoms in total. The minimum Gasteiger partial charge on any atom is -0.367 e. The first-order valence-electron chi connectivity index (χ1n) is 3.96. The van der Waals surface area contributed by atoms with Gasteiger partial charge >= 0.3 is 11.4 Å². The molecule has 0 bridgehead atoms. The van der Waals surface area contributed by atoms with E-state index < -0.39 is 11.4 Å². The van der Waals surface area contributed by atoms with Crippen LogP contribution in [0.4, 0.5) is 0 Å². The normalized spacial score (nSPS) is 17.9. The number of hydrogen-bond donors (Lipinski definition) is 0. The van der Waals surface area contributed by atoms with Crippen molar-refractivity contribution in [2.75, 3.05) is 0 Å². The molecule has 0 fully saturated rings. The van der Waals surface area contributed by atoms with E-state index in [9.17, 15) is 4.21 Å². The number of rotatable bonds is 2. The molecule has 1 aliphatic rings. The highest BCUT2D eigenvalue weighted by Gasteiger charge is 2.24. The minimum absolute atomic E-state index is 0.468. The maximum atomic E-state index is 11.0. The van der Waals surface area contributed by atoms with Crippen LogP contribution in [-0.2, 0) is 11.4 Å². The van der Waals surface area contributed by atoms with E-state index in [0.29, 0.717) is 11.5 Å². The van der Waals surface area contributed by atoms with Crippen LogP contribution in [0.3, 0.4) is 0 Å². The van der Waals surface area contributed by atoms with Crippen molar-refractivity contribution in [3.8, 4) is 11.5 Å². The Bertz CT molecular complexity index is 437. The molecule has 2 rings (SSSR count). The van der Waals surface area contributed by atoms with Gasteiger partial charge in [0.15, 0.2) is 11.5 Å². The Kier molecular flexibility index (Phi) is 2.13. The van der Waals surface area contributed by atoms with Crippen molar-refractivity contribution in [3.63, 3.8) is 0 Å². The fraction of sp³-hybridized carbons (Fsp3) is 0. The molecule has 72 valence electrons. The average molecular weight is 208 g/mol. The lowest BCUT2D eigenvalue weighted by Gasteiger charge is -2.02. The van der Waals surface area contributed by atoms with Gasteiger partial charge in [0.05, 0.1) is 0 Å². The standard InChI is InChI=1S/C10H8O3S/c1-3-7-5-6-9-10(8(7)4-2)13-14(11)12-9/h3-6H,1-2H2. The van der Waals surface area contributed by atoms with Crippen molar-refractivity contribution in [1.82, 2.24) is 0 Å². The molecule has 4 heteroatoms. The zero-order valence-corrected chi connectivity index (χ0v) is 8.17. The van der Waals surface area contributed by atoms with Crippen LogP contribution in [0, 0.1) is 0 Å². The van der Waals surface area contributed by atoms with Crippen LogP contribution >= 0.6 is 0 Å². The molecule has 0 N–H and O–H groups in total. The van der Waals surface area contributed by atoms with Gasteiger partial charge in [-0.2, -0.15) is 4.21 Å². The molecule has 1 aromatic carbocycles. The van der Waals surface area contributed by atoms with E-state index >= 15 is 0 Å². The van der Waals surface area contributed by atoms with Gasteiger partial charge in [-0.3, -0.25) is 0 Å². The predicted octanol–water partition coefficient (Wildman–Crippen LogP) is 2.32. The number of fused-ring (bicyclic) bond motifs is 1. The van der Waals surface area contributed by atoms with Crippen molar-refractivity contribution in [2.24, 2.45) is 0 Å². The first-order chi connectivity index (χ1) is 6.76. The molecular formula is C10H8O3S. The zero-order chi connectivity index (χ0) is 10.1. The lowest BCUT2D eigenvalue weighted by molar-refractivity contribution is 0.520. The molecule has 0 aromatic heterocycles. The molecule has 1 heterocycles. The lowest BCUT2D eigenvalue weighted by Crippen LogP contribution is -1.97. The van der Waals surface area contributed by atoms with Crippen molar-refractivity contribution in [3.05, 3.63) is 36.4 Å². The van der Waals surface area contributed by atoms with E-state index in [1.54, 1.807) is 18.2 Å². The second-order valence-electron chi connectivity index (χ2n) is 2.67. The van der Waals surface area contributed by atoms with Crippen LogP contribution in [0.2, 0.25) is 0 Å². The predicted molar refractivity (Wildman–Crippen MR) is 56.0 cm³/mol. The molecule has 0 radical (unpaired) electrons. The molecule has 0 spiro atoms. The molecule has 1 unspecified atom stereocenters. The van der Waals surface area contributed by atoms with E-state index in [2.05, 4.69) is 13.2 Å². The van der Waals surface area contributed by atoms with Gasteiger partial charge in [-0.25, -0.2) is 0 Å². The van der Waals surface area contributed by atoms with Gasteiger partial charge in [-0.05, 0) is 11.6 Å². The summed E-state index contributed by atoms with van der Waals surface area (Å²) < 4.78 is 20.9. The third kappa shape index (κ3) is 1.24. The van der Waals surface area contributed by atoms with Crippen LogP contribution in [0.1, 0.15) is 11.1 Å². The molecule has 0 saturated carbocycles. The maximum absolute atomic E-state index is 11.0. The average Bonchev–Trinajstić information content (AvgIpc) is 2.56. The zero-order valence-electron chi connectivity index (χ0n) is 7.36. The van der Waals surface area contributed by atoms with Crippen LogP contribution in [-0.4, -0.2) is 4.21 Å². The molecule has 0 saturated heterocycles. The summed E-state index contributed by atoms with van der Waals surface area (Å²) in [4.78, 5) is 0. The van der Waals surface area contributed by atoms with Gasteiger partial charge in [-0.15, -0.1) is 0 Å². The summed E-state index contributed by atoms with van der Waals surface area (Å²) in [7, 11) is 0. The van der Waals surface area contributed by atoms with Crippen molar-refractivity contribution >= 4 is 23.5 Å². The Hall–Kier alpha value is -1.55. The van der Waals surface area contributed by atoms with Crippen molar-refractivity contribution in [1.29, 1.82) is 0 Å².